The van der Waals surface area contributed by atoms with E-state index in [4.69, 9.17) is 0 Å². The highest BCUT2D eigenvalue weighted by atomic mass is 16.2. The maximum absolute atomic E-state index is 11.8. The fourth-order valence-corrected chi connectivity index (χ4v) is 2.19. The molecule has 0 spiro atoms. The third-order valence-electron chi connectivity index (χ3n) is 3.52. The summed E-state index contributed by atoms with van der Waals surface area (Å²) in [5, 5.41) is 2.98. The summed E-state index contributed by atoms with van der Waals surface area (Å²) in [5.41, 5.74) is 0.988. The minimum atomic E-state index is 0.146. The van der Waals surface area contributed by atoms with E-state index in [1.54, 1.807) is 18.7 Å². The van der Waals surface area contributed by atoms with Crippen LogP contribution in [0.1, 0.15) is 18.9 Å². The van der Waals surface area contributed by atoms with E-state index in [9.17, 15) is 4.79 Å². The summed E-state index contributed by atoms with van der Waals surface area (Å²) in [6, 6.07) is 3.85. The van der Waals surface area contributed by atoms with Crippen LogP contribution in [-0.2, 0) is 11.3 Å². The molecule has 1 aliphatic rings. The van der Waals surface area contributed by atoms with Crippen molar-refractivity contribution in [2.45, 2.75) is 19.9 Å². The van der Waals surface area contributed by atoms with Crippen molar-refractivity contribution in [3.63, 3.8) is 0 Å². The lowest BCUT2D eigenvalue weighted by Crippen LogP contribution is -2.25. The Kier molecular flexibility index (Phi) is 3.03. The molecule has 1 aliphatic carbocycles. The highest BCUT2D eigenvalue weighted by Crippen LogP contribution is 2.37. The van der Waals surface area contributed by atoms with E-state index in [0.29, 0.717) is 12.5 Å². The fraction of sp³-hybridized carbons (Fsp3) is 0.357. The van der Waals surface area contributed by atoms with Crippen LogP contribution in [0.15, 0.2) is 37.1 Å². The van der Waals surface area contributed by atoms with Gasteiger partial charge in [0.15, 0.2) is 0 Å². The van der Waals surface area contributed by atoms with Gasteiger partial charge in [-0.3, -0.25) is 9.36 Å². The van der Waals surface area contributed by atoms with E-state index in [-0.39, 0.29) is 11.8 Å². The second-order valence-electron chi connectivity index (χ2n) is 4.99. The van der Waals surface area contributed by atoms with Gasteiger partial charge in [-0.05, 0) is 18.4 Å². The first-order valence-electron chi connectivity index (χ1n) is 6.45. The van der Waals surface area contributed by atoms with Gasteiger partial charge < -0.3 is 5.32 Å². The van der Waals surface area contributed by atoms with E-state index in [1.807, 2.05) is 22.9 Å². The van der Waals surface area contributed by atoms with Crippen LogP contribution in [0.25, 0.3) is 5.82 Å². The first-order chi connectivity index (χ1) is 9.25. The summed E-state index contributed by atoms with van der Waals surface area (Å²) < 4.78 is 1.85. The van der Waals surface area contributed by atoms with Gasteiger partial charge in [-0.2, -0.15) is 0 Å². The molecule has 1 saturated carbocycles. The quantitative estimate of drug-likeness (QED) is 0.902. The number of imidazole rings is 1. The summed E-state index contributed by atoms with van der Waals surface area (Å²) >= 11 is 0. The number of nitrogens with zero attached hydrogens (tertiary/aromatic N) is 3. The summed E-state index contributed by atoms with van der Waals surface area (Å²) in [6.45, 7) is 2.61. The van der Waals surface area contributed by atoms with Crippen molar-refractivity contribution in [3.8, 4) is 5.82 Å². The molecule has 0 unspecified atom stereocenters. The molecule has 0 bridgehead atoms. The molecular formula is C14H16N4O. The molecule has 3 rings (SSSR count). The molecule has 1 amide bonds. The Balaban J connectivity index is 1.72. The van der Waals surface area contributed by atoms with Crippen LogP contribution in [0, 0.1) is 11.8 Å². The highest BCUT2D eigenvalue weighted by molar-refractivity contribution is 5.81. The number of carbonyl (C=O) groups excluding carboxylic acids is 1. The molecule has 5 nitrogen and oxygen atoms in total. The van der Waals surface area contributed by atoms with Crippen LogP contribution in [0.4, 0.5) is 0 Å². The van der Waals surface area contributed by atoms with Crippen molar-refractivity contribution in [1.82, 2.24) is 19.9 Å². The molecule has 0 aromatic carbocycles. The molecular weight excluding hydrogens is 240 g/mol. The number of aromatic nitrogens is 3. The van der Waals surface area contributed by atoms with Crippen LogP contribution in [-0.4, -0.2) is 20.4 Å². The molecule has 2 aromatic heterocycles. The Morgan fingerprint density at radius 1 is 1.53 bits per heavy atom. The molecule has 0 saturated heterocycles. The van der Waals surface area contributed by atoms with Crippen molar-refractivity contribution in [3.05, 3.63) is 42.6 Å². The molecule has 2 heterocycles. The van der Waals surface area contributed by atoms with Gasteiger partial charge in [0.2, 0.25) is 5.91 Å². The van der Waals surface area contributed by atoms with Crippen LogP contribution >= 0.6 is 0 Å². The standard InChI is InChI=1S/C14H16N4O/c1-10-7-12(10)14(19)17-8-11-3-2-4-16-13(11)18-6-5-15-9-18/h2-6,9-10,12H,7-8H2,1H3,(H,17,19)/t10-,12+/m1/s1. The predicted molar refractivity (Wildman–Crippen MR) is 70.5 cm³/mol. The van der Waals surface area contributed by atoms with Crippen molar-refractivity contribution < 1.29 is 4.79 Å². The lowest BCUT2D eigenvalue weighted by Gasteiger charge is -2.09. The SMILES string of the molecule is C[C@@H]1C[C@@H]1C(=O)NCc1cccnc1-n1ccnc1. The van der Waals surface area contributed by atoms with E-state index in [0.717, 1.165) is 17.8 Å². The van der Waals surface area contributed by atoms with Gasteiger partial charge in [0.1, 0.15) is 12.1 Å². The molecule has 2 atom stereocenters. The molecule has 1 fully saturated rings. The number of hydrogen-bond donors (Lipinski definition) is 1. The summed E-state index contributed by atoms with van der Waals surface area (Å²) in [6.07, 6.45) is 8.01. The van der Waals surface area contributed by atoms with E-state index in [2.05, 4.69) is 22.2 Å². The molecule has 2 aromatic rings. The Morgan fingerprint density at radius 3 is 3.05 bits per heavy atom. The topological polar surface area (TPSA) is 59.8 Å². The fourth-order valence-electron chi connectivity index (χ4n) is 2.19. The second-order valence-corrected chi connectivity index (χ2v) is 4.99. The van der Waals surface area contributed by atoms with Crippen molar-refractivity contribution in [2.24, 2.45) is 11.8 Å². The molecule has 1 N–H and O–H groups in total. The van der Waals surface area contributed by atoms with E-state index < -0.39 is 0 Å². The first kappa shape index (κ1) is 11.9. The maximum atomic E-state index is 11.8. The normalized spacial score (nSPS) is 21.1. The summed E-state index contributed by atoms with van der Waals surface area (Å²) in [7, 11) is 0. The number of nitrogens with one attached hydrogen (secondary N) is 1. The minimum Gasteiger partial charge on any atom is -0.352 e. The van der Waals surface area contributed by atoms with Gasteiger partial charge in [0.05, 0.1) is 0 Å². The molecule has 5 heteroatoms. The smallest absolute Gasteiger partial charge is 0.223 e. The van der Waals surface area contributed by atoms with Crippen LogP contribution in [0.3, 0.4) is 0 Å². The summed E-state index contributed by atoms with van der Waals surface area (Å²) in [5.74, 6) is 1.69. The lowest BCUT2D eigenvalue weighted by atomic mass is 10.2. The predicted octanol–water partition coefficient (Wildman–Crippen LogP) is 1.54. The monoisotopic (exact) mass is 256 g/mol. The third-order valence-corrected chi connectivity index (χ3v) is 3.52. The van der Waals surface area contributed by atoms with E-state index in [1.165, 1.54) is 0 Å². The Hall–Kier alpha value is -2.17. The lowest BCUT2D eigenvalue weighted by molar-refractivity contribution is -0.122. The number of hydrogen-bond acceptors (Lipinski definition) is 3. The van der Waals surface area contributed by atoms with Crippen LogP contribution in [0.5, 0.6) is 0 Å². The number of amides is 1. The molecule has 98 valence electrons. The zero-order valence-electron chi connectivity index (χ0n) is 10.8. The zero-order chi connectivity index (χ0) is 13.2. The maximum Gasteiger partial charge on any atom is 0.223 e. The third kappa shape index (κ3) is 2.50. The van der Waals surface area contributed by atoms with Crippen molar-refractivity contribution in [1.29, 1.82) is 0 Å². The second kappa shape index (κ2) is 4.84. The highest BCUT2D eigenvalue weighted by Gasteiger charge is 2.38. The van der Waals surface area contributed by atoms with Gasteiger partial charge in [-0.1, -0.05) is 13.0 Å². The largest absolute Gasteiger partial charge is 0.352 e. The van der Waals surface area contributed by atoms with Gasteiger partial charge in [-0.25, -0.2) is 9.97 Å². The molecule has 0 aliphatic heterocycles. The average molecular weight is 256 g/mol. The Morgan fingerprint density at radius 2 is 2.37 bits per heavy atom. The molecule has 19 heavy (non-hydrogen) atoms. The van der Waals surface area contributed by atoms with Crippen LogP contribution < -0.4 is 5.32 Å². The van der Waals surface area contributed by atoms with Crippen LogP contribution in [0.2, 0.25) is 0 Å². The van der Waals surface area contributed by atoms with Crippen molar-refractivity contribution >= 4 is 5.91 Å². The Bertz CT molecular complexity index is 579. The van der Waals surface area contributed by atoms with Gasteiger partial charge in [0, 0.05) is 36.6 Å². The van der Waals surface area contributed by atoms with E-state index >= 15 is 0 Å². The number of carbonyl (C=O) groups is 1. The van der Waals surface area contributed by atoms with Gasteiger partial charge in [-0.15, -0.1) is 0 Å². The zero-order valence-corrected chi connectivity index (χ0v) is 10.8. The van der Waals surface area contributed by atoms with Crippen molar-refractivity contribution in [2.75, 3.05) is 0 Å². The number of rotatable bonds is 4. The minimum absolute atomic E-state index is 0.146. The van der Waals surface area contributed by atoms with Gasteiger partial charge in [0.25, 0.3) is 0 Å². The van der Waals surface area contributed by atoms with Gasteiger partial charge >= 0.3 is 0 Å². The first-order valence-corrected chi connectivity index (χ1v) is 6.45. The summed E-state index contributed by atoms with van der Waals surface area (Å²) in [4.78, 5) is 20.2. The average Bonchev–Trinajstić information content (AvgIpc) is 2.94. The number of pyridine rings is 1. The Labute approximate surface area is 111 Å². The molecule has 0 radical (unpaired) electrons.